The summed E-state index contributed by atoms with van der Waals surface area (Å²) in [5.74, 6) is 0.468. The summed E-state index contributed by atoms with van der Waals surface area (Å²) < 4.78 is 5.62. The van der Waals surface area contributed by atoms with E-state index in [0.717, 1.165) is 6.61 Å². The van der Waals surface area contributed by atoms with Gasteiger partial charge in [-0.15, -0.1) is 0 Å². The molecule has 0 amide bonds. The van der Waals surface area contributed by atoms with E-state index in [4.69, 9.17) is 9.84 Å². The molecule has 84 valence electrons. The minimum atomic E-state index is 0.182. The Labute approximate surface area is 95.7 Å². The van der Waals surface area contributed by atoms with Crippen molar-refractivity contribution in [2.45, 2.75) is 26.0 Å². The van der Waals surface area contributed by atoms with Gasteiger partial charge in [-0.3, -0.25) is 5.01 Å². The third-order valence-electron chi connectivity index (χ3n) is 3.53. The standard InChI is InChI=1S/C13H16N2O/c1-9-12-8-16-10(2)13(12)14-15(9)11-6-4-3-5-7-11/h3-7,9-10,12H,8H2,1-2H3/t9-,10+,12-/m1/s1. The number of benzene rings is 1. The lowest BCUT2D eigenvalue weighted by atomic mass is 9.97. The van der Waals surface area contributed by atoms with Crippen LogP contribution in [-0.2, 0) is 4.74 Å². The molecule has 1 aromatic carbocycles. The fourth-order valence-electron chi connectivity index (χ4n) is 2.52. The van der Waals surface area contributed by atoms with Gasteiger partial charge in [-0.05, 0) is 26.0 Å². The third kappa shape index (κ3) is 1.35. The number of rotatable bonds is 1. The van der Waals surface area contributed by atoms with E-state index in [1.54, 1.807) is 0 Å². The van der Waals surface area contributed by atoms with Gasteiger partial charge in [-0.1, -0.05) is 18.2 Å². The third-order valence-corrected chi connectivity index (χ3v) is 3.53. The van der Waals surface area contributed by atoms with Crippen LogP contribution in [0.1, 0.15) is 13.8 Å². The number of para-hydroxylation sites is 1. The summed E-state index contributed by atoms with van der Waals surface area (Å²) in [5.41, 5.74) is 2.38. The smallest absolute Gasteiger partial charge is 0.0950 e. The van der Waals surface area contributed by atoms with Crippen LogP contribution in [0, 0.1) is 5.92 Å². The van der Waals surface area contributed by atoms with E-state index in [9.17, 15) is 0 Å². The average Bonchev–Trinajstić information content (AvgIpc) is 2.83. The molecule has 3 atom stereocenters. The molecular weight excluding hydrogens is 200 g/mol. The van der Waals surface area contributed by atoms with Crippen LogP contribution in [0.5, 0.6) is 0 Å². The number of nitrogens with zero attached hydrogens (tertiary/aromatic N) is 2. The molecule has 1 aromatic rings. The summed E-state index contributed by atoms with van der Waals surface area (Å²) in [6.07, 6.45) is 0.182. The summed E-state index contributed by atoms with van der Waals surface area (Å²) in [7, 11) is 0. The molecule has 0 unspecified atom stereocenters. The Bertz CT molecular complexity index is 415. The first kappa shape index (κ1) is 9.85. The highest BCUT2D eigenvalue weighted by atomic mass is 16.5. The van der Waals surface area contributed by atoms with E-state index < -0.39 is 0 Å². The molecule has 0 saturated carbocycles. The average molecular weight is 216 g/mol. The van der Waals surface area contributed by atoms with E-state index in [-0.39, 0.29) is 6.10 Å². The molecule has 0 aromatic heterocycles. The van der Waals surface area contributed by atoms with Crippen LogP contribution in [0.4, 0.5) is 5.69 Å². The molecule has 1 fully saturated rings. The van der Waals surface area contributed by atoms with Crippen LogP contribution in [0.2, 0.25) is 0 Å². The van der Waals surface area contributed by atoms with Gasteiger partial charge in [0.1, 0.15) is 0 Å². The van der Waals surface area contributed by atoms with Gasteiger partial charge >= 0.3 is 0 Å². The van der Waals surface area contributed by atoms with Gasteiger partial charge in [0, 0.05) is 5.92 Å². The maximum Gasteiger partial charge on any atom is 0.0950 e. The molecule has 3 nitrogen and oxygen atoms in total. The van der Waals surface area contributed by atoms with Gasteiger partial charge in [0.25, 0.3) is 0 Å². The highest BCUT2D eigenvalue weighted by Crippen LogP contribution is 2.33. The first-order valence-electron chi connectivity index (χ1n) is 5.81. The van der Waals surface area contributed by atoms with Crippen molar-refractivity contribution in [3.8, 4) is 0 Å². The molecule has 0 spiro atoms. The zero-order chi connectivity index (χ0) is 11.1. The number of hydrazone groups is 1. The molecule has 2 aliphatic heterocycles. The number of hydrogen-bond acceptors (Lipinski definition) is 3. The molecule has 2 aliphatic rings. The lowest BCUT2D eigenvalue weighted by Crippen LogP contribution is -2.30. The van der Waals surface area contributed by atoms with Gasteiger partial charge in [-0.2, -0.15) is 5.10 Å². The van der Waals surface area contributed by atoms with Crippen molar-refractivity contribution in [1.82, 2.24) is 0 Å². The Morgan fingerprint density at radius 3 is 2.69 bits per heavy atom. The Kier molecular flexibility index (Phi) is 2.21. The molecule has 3 heteroatoms. The van der Waals surface area contributed by atoms with E-state index in [0.29, 0.717) is 12.0 Å². The monoisotopic (exact) mass is 216 g/mol. The summed E-state index contributed by atoms with van der Waals surface area (Å²) in [6.45, 7) is 5.11. The van der Waals surface area contributed by atoms with Crippen molar-refractivity contribution in [3.05, 3.63) is 30.3 Å². The fraction of sp³-hybridized carbons (Fsp3) is 0.462. The van der Waals surface area contributed by atoms with Crippen LogP contribution in [0.15, 0.2) is 35.4 Å². The van der Waals surface area contributed by atoms with Gasteiger partial charge in [0.15, 0.2) is 0 Å². The minimum Gasteiger partial charge on any atom is -0.372 e. The first-order valence-corrected chi connectivity index (χ1v) is 5.81. The van der Waals surface area contributed by atoms with Crippen molar-refractivity contribution in [3.63, 3.8) is 0 Å². The van der Waals surface area contributed by atoms with E-state index >= 15 is 0 Å². The van der Waals surface area contributed by atoms with Crippen molar-refractivity contribution in [2.24, 2.45) is 11.0 Å². The molecule has 2 heterocycles. The van der Waals surface area contributed by atoms with Crippen molar-refractivity contribution < 1.29 is 4.74 Å². The van der Waals surface area contributed by atoms with Gasteiger partial charge in [0.05, 0.1) is 30.2 Å². The van der Waals surface area contributed by atoms with Crippen molar-refractivity contribution >= 4 is 11.4 Å². The largest absolute Gasteiger partial charge is 0.372 e. The predicted molar refractivity (Wildman–Crippen MR) is 64.7 cm³/mol. The second-order valence-electron chi connectivity index (χ2n) is 4.53. The van der Waals surface area contributed by atoms with Crippen LogP contribution < -0.4 is 5.01 Å². The molecule has 1 saturated heterocycles. The summed E-state index contributed by atoms with van der Waals surface area (Å²) >= 11 is 0. The van der Waals surface area contributed by atoms with Gasteiger partial charge in [0.2, 0.25) is 0 Å². The van der Waals surface area contributed by atoms with Gasteiger partial charge < -0.3 is 4.74 Å². The Hall–Kier alpha value is -1.35. The fourth-order valence-corrected chi connectivity index (χ4v) is 2.52. The molecule has 0 aliphatic carbocycles. The first-order chi connectivity index (χ1) is 7.77. The molecular formula is C13H16N2O. The Morgan fingerprint density at radius 2 is 2.00 bits per heavy atom. The quantitative estimate of drug-likeness (QED) is 0.719. The summed E-state index contributed by atoms with van der Waals surface area (Å²) in [5, 5.41) is 6.83. The second-order valence-corrected chi connectivity index (χ2v) is 4.53. The minimum absolute atomic E-state index is 0.182. The van der Waals surface area contributed by atoms with E-state index in [2.05, 4.69) is 43.1 Å². The Morgan fingerprint density at radius 1 is 1.25 bits per heavy atom. The lowest BCUT2D eigenvalue weighted by molar-refractivity contribution is 0.127. The number of ether oxygens (including phenoxy) is 1. The van der Waals surface area contributed by atoms with Crippen LogP contribution in [0.25, 0.3) is 0 Å². The molecule has 0 N–H and O–H groups in total. The van der Waals surface area contributed by atoms with Crippen molar-refractivity contribution in [2.75, 3.05) is 11.6 Å². The maximum atomic E-state index is 5.62. The summed E-state index contributed by atoms with van der Waals surface area (Å²) in [6, 6.07) is 10.7. The van der Waals surface area contributed by atoms with Crippen LogP contribution in [0.3, 0.4) is 0 Å². The zero-order valence-corrected chi connectivity index (χ0v) is 9.63. The SMILES string of the molecule is C[C@@H]1OC[C@H]2C1=NN(c1ccccc1)[C@@H]2C. The van der Waals surface area contributed by atoms with E-state index in [1.807, 2.05) is 6.07 Å². The predicted octanol–water partition coefficient (Wildman–Crippen LogP) is 2.29. The normalized spacial score (nSPS) is 32.8. The van der Waals surface area contributed by atoms with E-state index in [1.165, 1.54) is 11.4 Å². The van der Waals surface area contributed by atoms with Crippen LogP contribution in [-0.4, -0.2) is 24.5 Å². The number of hydrogen-bond donors (Lipinski definition) is 0. The van der Waals surface area contributed by atoms with Gasteiger partial charge in [-0.25, -0.2) is 0 Å². The molecule has 0 bridgehead atoms. The number of fused-ring (bicyclic) bond motifs is 1. The Balaban J connectivity index is 1.94. The summed E-state index contributed by atoms with van der Waals surface area (Å²) in [4.78, 5) is 0. The van der Waals surface area contributed by atoms with Crippen LogP contribution >= 0.6 is 0 Å². The zero-order valence-electron chi connectivity index (χ0n) is 9.63. The van der Waals surface area contributed by atoms with Crippen molar-refractivity contribution in [1.29, 1.82) is 0 Å². The highest BCUT2D eigenvalue weighted by molar-refractivity contribution is 5.95. The maximum absolute atomic E-state index is 5.62. The second kappa shape index (κ2) is 3.59. The topological polar surface area (TPSA) is 24.8 Å². The molecule has 16 heavy (non-hydrogen) atoms. The molecule has 3 rings (SSSR count). The number of anilines is 1. The molecule has 0 radical (unpaired) electrons. The highest BCUT2D eigenvalue weighted by Gasteiger charge is 2.42. The lowest BCUT2D eigenvalue weighted by Gasteiger charge is -2.23.